The van der Waals surface area contributed by atoms with E-state index >= 15 is 0 Å². The first kappa shape index (κ1) is 15.7. The molecule has 0 fully saturated rings. The van der Waals surface area contributed by atoms with Gasteiger partial charge in [0.2, 0.25) is 0 Å². The van der Waals surface area contributed by atoms with Crippen LogP contribution in [0.5, 0.6) is 0 Å². The van der Waals surface area contributed by atoms with Crippen molar-refractivity contribution >= 4 is 5.97 Å². The smallest absolute Gasteiger partial charge is 0.323 e. The first-order chi connectivity index (χ1) is 8.86. The molecule has 1 rings (SSSR count). The molecule has 0 aliphatic heterocycles. The molecule has 106 valence electrons. The highest BCUT2D eigenvalue weighted by Gasteiger charge is 2.25. The number of hydrogen-bond acceptors (Lipinski definition) is 3. The molecular formula is C16H25NO2. The minimum atomic E-state index is -0.278. The monoisotopic (exact) mass is 263 g/mol. The second-order valence-corrected chi connectivity index (χ2v) is 5.49. The Bertz CT molecular complexity index is 440. The fourth-order valence-corrected chi connectivity index (χ4v) is 2.25. The topological polar surface area (TPSA) is 38.3 Å². The fourth-order valence-electron chi connectivity index (χ4n) is 2.25. The van der Waals surface area contributed by atoms with Gasteiger partial charge in [0.05, 0.1) is 7.11 Å². The zero-order chi connectivity index (χ0) is 14.6. The summed E-state index contributed by atoms with van der Waals surface area (Å²) in [6.45, 7) is 10.3. The molecule has 3 heteroatoms. The third kappa shape index (κ3) is 4.06. The molecule has 0 aromatic heterocycles. The van der Waals surface area contributed by atoms with Crippen molar-refractivity contribution in [3.8, 4) is 0 Å². The Kier molecular flexibility index (Phi) is 5.55. The summed E-state index contributed by atoms with van der Waals surface area (Å²) in [5.74, 6) is -0.00725. The minimum Gasteiger partial charge on any atom is -0.468 e. The van der Waals surface area contributed by atoms with E-state index in [1.807, 2.05) is 13.8 Å². The molecule has 3 nitrogen and oxygen atoms in total. The number of methoxy groups -OCH3 is 1. The molecular weight excluding hydrogens is 238 g/mol. The Hall–Kier alpha value is -1.35. The Balaban J connectivity index is 2.90. The predicted molar refractivity (Wildman–Crippen MR) is 78.1 cm³/mol. The zero-order valence-corrected chi connectivity index (χ0v) is 12.8. The number of aryl methyl sites for hydroxylation is 2. The SMILES string of the molecule is COC(=O)[C@@H](NC(C)c1cc(C)ccc1C)C(C)C. The maximum atomic E-state index is 11.8. The summed E-state index contributed by atoms with van der Waals surface area (Å²) < 4.78 is 4.86. The van der Waals surface area contributed by atoms with Crippen molar-refractivity contribution in [2.24, 2.45) is 5.92 Å². The number of rotatable bonds is 5. The first-order valence-electron chi connectivity index (χ1n) is 6.77. The van der Waals surface area contributed by atoms with Crippen molar-refractivity contribution in [1.82, 2.24) is 5.32 Å². The molecule has 0 bridgehead atoms. The summed E-state index contributed by atoms with van der Waals surface area (Å²) in [7, 11) is 1.43. The van der Waals surface area contributed by atoms with Crippen LogP contribution in [0.3, 0.4) is 0 Å². The number of carbonyl (C=O) groups excluding carboxylic acids is 1. The maximum absolute atomic E-state index is 11.8. The summed E-state index contributed by atoms with van der Waals surface area (Å²) in [6.07, 6.45) is 0. The first-order valence-corrected chi connectivity index (χ1v) is 6.77. The van der Waals surface area contributed by atoms with Crippen LogP contribution in [0.1, 0.15) is 43.5 Å². The molecule has 0 amide bonds. The van der Waals surface area contributed by atoms with Crippen LogP contribution in [0.25, 0.3) is 0 Å². The summed E-state index contributed by atoms with van der Waals surface area (Å²) in [6, 6.07) is 6.23. The van der Waals surface area contributed by atoms with Crippen LogP contribution >= 0.6 is 0 Å². The molecule has 0 saturated heterocycles. The van der Waals surface area contributed by atoms with Crippen LogP contribution in [0.2, 0.25) is 0 Å². The van der Waals surface area contributed by atoms with Crippen LogP contribution < -0.4 is 5.32 Å². The quantitative estimate of drug-likeness (QED) is 0.829. The van der Waals surface area contributed by atoms with Gasteiger partial charge in [0.1, 0.15) is 6.04 Å². The molecule has 0 spiro atoms. The van der Waals surface area contributed by atoms with Crippen molar-refractivity contribution < 1.29 is 9.53 Å². The maximum Gasteiger partial charge on any atom is 0.323 e. The molecule has 0 saturated carbocycles. The van der Waals surface area contributed by atoms with E-state index in [1.54, 1.807) is 0 Å². The second-order valence-electron chi connectivity index (χ2n) is 5.49. The van der Waals surface area contributed by atoms with Gasteiger partial charge in [0.15, 0.2) is 0 Å². The van der Waals surface area contributed by atoms with Gasteiger partial charge in [0.25, 0.3) is 0 Å². The summed E-state index contributed by atoms with van der Waals surface area (Å²) in [5, 5.41) is 3.38. The standard InChI is InChI=1S/C16H25NO2/c1-10(2)15(16(18)19-6)17-13(5)14-9-11(3)7-8-12(14)4/h7-10,13,15,17H,1-6H3/t13?,15-/m0/s1. The van der Waals surface area contributed by atoms with Crippen molar-refractivity contribution in [3.63, 3.8) is 0 Å². The Morgan fingerprint density at radius 1 is 1.21 bits per heavy atom. The average molecular weight is 263 g/mol. The van der Waals surface area contributed by atoms with Gasteiger partial charge in [-0.3, -0.25) is 10.1 Å². The lowest BCUT2D eigenvalue weighted by Gasteiger charge is -2.25. The third-order valence-corrected chi connectivity index (χ3v) is 3.45. The number of hydrogen-bond donors (Lipinski definition) is 1. The molecule has 0 radical (unpaired) electrons. The molecule has 1 aromatic rings. The Morgan fingerprint density at radius 3 is 2.37 bits per heavy atom. The number of ether oxygens (including phenoxy) is 1. The van der Waals surface area contributed by atoms with Crippen molar-refractivity contribution in [3.05, 3.63) is 34.9 Å². The highest BCUT2D eigenvalue weighted by atomic mass is 16.5. The van der Waals surface area contributed by atoms with E-state index in [9.17, 15) is 4.79 Å². The van der Waals surface area contributed by atoms with Gasteiger partial charge >= 0.3 is 5.97 Å². The van der Waals surface area contributed by atoms with Gasteiger partial charge in [-0.25, -0.2) is 0 Å². The lowest BCUT2D eigenvalue weighted by molar-refractivity contribution is -0.144. The van der Waals surface area contributed by atoms with E-state index in [0.717, 1.165) is 0 Å². The molecule has 0 aliphatic carbocycles. The number of esters is 1. The molecule has 0 aliphatic rings. The van der Waals surface area contributed by atoms with Gasteiger partial charge < -0.3 is 4.74 Å². The van der Waals surface area contributed by atoms with E-state index in [2.05, 4.69) is 44.3 Å². The second kappa shape index (κ2) is 6.71. The molecule has 1 unspecified atom stereocenters. The lowest BCUT2D eigenvalue weighted by Crippen LogP contribution is -2.43. The Morgan fingerprint density at radius 2 is 1.84 bits per heavy atom. The van der Waals surface area contributed by atoms with Gasteiger partial charge in [-0.2, -0.15) is 0 Å². The van der Waals surface area contributed by atoms with Gasteiger partial charge in [-0.1, -0.05) is 37.6 Å². The van der Waals surface area contributed by atoms with E-state index in [0.29, 0.717) is 0 Å². The number of carbonyl (C=O) groups is 1. The Labute approximate surface area is 116 Å². The van der Waals surface area contributed by atoms with Gasteiger partial charge in [-0.15, -0.1) is 0 Å². The van der Waals surface area contributed by atoms with E-state index in [1.165, 1.54) is 23.8 Å². The van der Waals surface area contributed by atoms with Crippen LogP contribution in [-0.2, 0) is 9.53 Å². The van der Waals surface area contributed by atoms with Crippen molar-refractivity contribution in [2.45, 2.75) is 46.7 Å². The van der Waals surface area contributed by atoms with Gasteiger partial charge in [0, 0.05) is 6.04 Å². The van der Waals surface area contributed by atoms with E-state index in [-0.39, 0.29) is 24.0 Å². The van der Waals surface area contributed by atoms with Gasteiger partial charge in [-0.05, 0) is 37.8 Å². The van der Waals surface area contributed by atoms with Crippen LogP contribution in [0, 0.1) is 19.8 Å². The van der Waals surface area contributed by atoms with E-state index < -0.39 is 0 Å². The highest BCUT2D eigenvalue weighted by molar-refractivity contribution is 5.76. The van der Waals surface area contributed by atoms with Crippen LogP contribution in [-0.4, -0.2) is 19.1 Å². The molecule has 1 N–H and O–H groups in total. The molecule has 1 aromatic carbocycles. The largest absolute Gasteiger partial charge is 0.468 e. The highest BCUT2D eigenvalue weighted by Crippen LogP contribution is 2.20. The van der Waals surface area contributed by atoms with E-state index in [4.69, 9.17) is 4.74 Å². The molecule has 19 heavy (non-hydrogen) atoms. The minimum absolute atomic E-state index is 0.117. The lowest BCUT2D eigenvalue weighted by atomic mass is 9.97. The summed E-state index contributed by atoms with van der Waals surface area (Å²) in [5.41, 5.74) is 3.70. The third-order valence-electron chi connectivity index (χ3n) is 3.45. The van der Waals surface area contributed by atoms with Crippen LogP contribution in [0.15, 0.2) is 18.2 Å². The summed E-state index contributed by atoms with van der Waals surface area (Å²) >= 11 is 0. The van der Waals surface area contributed by atoms with Crippen molar-refractivity contribution in [2.75, 3.05) is 7.11 Å². The number of benzene rings is 1. The molecule has 2 atom stereocenters. The zero-order valence-electron chi connectivity index (χ0n) is 12.8. The number of nitrogens with one attached hydrogen (secondary N) is 1. The summed E-state index contributed by atoms with van der Waals surface area (Å²) in [4.78, 5) is 11.8. The van der Waals surface area contributed by atoms with Crippen LogP contribution in [0.4, 0.5) is 0 Å². The van der Waals surface area contributed by atoms with Crippen molar-refractivity contribution in [1.29, 1.82) is 0 Å². The average Bonchev–Trinajstić information content (AvgIpc) is 2.37. The normalized spacial score (nSPS) is 14.3. The molecule has 0 heterocycles. The predicted octanol–water partition coefficient (Wildman–Crippen LogP) is 3.15. The fraction of sp³-hybridized carbons (Fsp3) is 0.562.